The predicted octanol–water partition coefficient (Wildman–Crippen LogP) is 2.39. The molecule has 0 heterocycles. The van der Waals surface area contributed by atoms with Crippen molar-refractivity contribution >= 4 is 0 Å². The Kier molecular flexibility index (Phi) is 5.07. The summed E-state index contributed by atoms with van der Waals surface area (Å²) in [6, 6.07) is 0. The third-order valence-corrected chi connectivity index (χ3v) is 3.52. The first-order valence-corrected chi connectivity index (χ1v) is 6.46. The van der Waals surface area contributed by atoms with Gasteiger partial charge in [0.15, 0.2) is 0 Å². The topological polar surface area (TPSA) is 38.0 Å². The second-order valence-corrected chi connectivity index (χ2v) is 6.01. The molecule has 0 aromatic rings. The second kappa shape index (κ2) is 5.86. The summed E-state index contributed by atoms with van der Waals surface area (Å²) in [5, 5.41) is 3.57. The molecule has 0 saturated heterocycles. The molecule has 1 aliphatic rings. The van der Waals surface area contributed by atoms with Crippen molar-refractivity contribution in [1.82, 2.24) is 5.32 Å². The van der Waals surface area contributed by atoms with Gasteiger partial charge in [-0.1, -0.05) is 20.8 Å². The average molecular weight is 212 g/mol. The van der Waals surface area contributed by atoms with Gasteiger partial charge in [0.05, 0.1) is 0 Å². The van der Waals surface area contributed by atoms with Gasteiger partial charge >= 0.3 is 0 Å². The van der Waals surface area contributed by atoms with E-state index in [1.807, 2.05) is 0 Å². The van der Waals surface area contributed by atoms with Crippen LogP contribution in [0, 0.1) is 17.3 Å². The van der Waals surface area contributed by atoms with Crippen LogP contribution >= 0.6 is 0 Å². The third-order valence-electron chi connectivity index (χ3n) is 3.52. The van der Waals surface area contributed by atoms with Crippen molar-refractivity contribution in [3.8, 4) is 0 Å². The highest BCUT2D eigenvalue weighted by atomic mass is 14.9. The highest BCUT2D eigenvalue weighted by Gasteiger charge is 2.36. The predicted molar refractivity (Wildman–Crippen MR) is 66.8 cm³/mol. The SMILES string of the molecule is CC(C)CC(CN)CCNCC1(C)CC1. The van der Waals surface area contributed by atoms with E-state index in [9.17, 15) is 0 Å². The lowest BCUT2D eigenvalue weighted by molar-refractivity contribution is 0.377. The third kappa shape index (κ3) is 5.53. The van der Waals surface area contributed by atoms with E-state index in [0.717, 1.165) is 19.0 Å². The Labute approximate surface area is 95.0 Å². The second-order valence-electron chi connectivity index (χ2n) is 6.01. The number of hydrogen-bond donors (Lipinski definition) is 2. The summed E-state index contributed by atoms with van der Waals surface area (Å²) in [7, 11) is 0. The summed E-state index contributed by atoms with van der Waals surface area (Å²) < 4.78 is 0. The molecule has 2 heteroatoms. The molecule has 0 radical (unpaired) electrons. The quantitative estimate of drug-likeness (QED) is 0.606. The molecule has 1 rings (SSSR count). The van der Waals surface area contributed by atoms with Crippen LogP contribution in [0.4, 0.5) is 0 Å². The van der Waals surface area contributed by atoms with Crippen LogP contribution in [0.3, 0.4) is 0 Å². The molecule has 90 valence electrons. The fourth-order valence-electron chi connectivity index (χ4n) is 2.09. The van der Waals surface area contributed by atoms with Crippen molar-refractivity contribution in [2.75, 3.05) is 19.6 Å². The molecule has 0 aromatic heterocycles. The average Bonchev–Trinajstić information content (AvgIpc) is 2.89. The van der Waals surface area contributed by atoms with Gasteiger partial charge in [-0.2, -0.15) is 0 Å². The smallest absolute Gasteiger partial charge is 0.000517 e. The van der Waals surface area contributed by atoms with Gasteiger partial charge in [0, 0.05) is 6.54 Å². The van der Waals surface area contributed by atoms with Gasteiger partial charge in [0.25, 0.3) is 0 Å². The molecule has 15 heavy (non-hydrogen) atoms. The number of hydrogen-bond acceptors (Lipinski definition) is 2. The van der Waals surface area contributed by atoms with Gasteiger partial charge in [-0.3, -0.25) is 0 Å². The fraction of sp³-hybridized carbons (Fsp3) is 1.00. The first-order chi connectivity index (χ1) is 7.06. The van der Waals surface area contributed by atoms with Crippen LogP contribution < -0.4 is 11.1 Å². The van der Waals surface area contributed by atoms with Crippen molar-refractivity contribution in [1.29, 1.82) is 0 Å². The van der Waals surface area contributed by atoms with E-state index >= 15 is 0 Å². The molecule has 3 N–H and O–H groups in total. The number of rotatable bonds is 8. The van der Waals surface area contributed by atoms with Gasteiger partial charge in [0.2, 0.25) is 0 Å². The van der Waals surface area contributed by atoms with E-state index in [4.69, 9.17) is 5.73 Å². The van der Waals surface area contributed by atoms with Crippen molar-refractivity contribution in [2.24, 2.45) is 23.0 Å². The first kappa shape index (κ1) is 13.0. The summed E-state index contributed by atoms with van der Waals surface area (Å²) in [5.74, 6) is 1.49. The van der Waals surface area contributed by atoms with Crippen LogP contribution in [0.5, 0.6) is 0 Å². The minimum Gasteiger partial charge on any atom is -0.330 e. The van der Waals surface area contributed by atoms with Gasteiger partial charge in [0.1, 0.15) is 0 Å². The molecule has 1 aliphatic carbocycles. The lowest BCUT2D eigenvalue weighted by atomic mass is 9.94. The molecule has 1 atom stereocenters. The van der Waals surface area contributed by atoms with Gasteiger partial charge in [-0.25, -0.2) is 0 Å². The molecule has 0 bridgehead atoms. The highest BCUT2D eigenvalue weighted by molar-refractivity contribution is 4.90. The van der Waals surface area contributed by atoms with E-state index in [2.05, 4.69) is 26.1 Å². The van der Waals surface area contributed by atoms with Crippen LogP contribution in [0.2, 0.25) is 0 Å². The Hall–Kier alpha value is -0.0800. The van der Waals surface area contributed by atoms with Crippen molar-refractivity contribution in [3.05, 3.63) is 0 Å². The molecule has 0 aromatic carbocycles. The van der Waals surface area contributed by atoms with Crippen LogP contribution in [0.15, 0.2) is 0 Å². The number of nitrogens with two attached hydrogens (primary N) is 1. The standard InChI is InChI=1S/C13H28N2/c1-11(2)8-12(9-14)4-7-15-10-13(3)5-6-13/h11-12,15H,4-10,14H2,1-3H3. The van der Waals surface area contributed by atoms with E-state index in [-0.39, 0.29) is 0 Å². The zero-order valence-corrected chi connectivity index (χ0v) is 10.7. The molecule has 0 amide bonds. The van der Waals surface area contributed by atoms with Crippen LogP contribution in [-0.4, -0.2) is 19.6 Å². The highest BCUT2D eigenvalue weighted by Crippen LogP contribution is 2.43. The monoisotopic (exact) mass is 212 g/mol. The maximum atomic E-state index is 5.77. The Morgan fingerprint density at radius 3 is 2.47 bits per heavy atom. The zero-order valence-electron chi connectivity index (χ0n) is 10.7. The van der Waals surface area contributed by atoms with E-state index in [0.29, 0.717) is 11.3 Å². The molecule has 1 fully saturated rings. The normalized spacial score (nSPS) is 20.6. The Balaban J connectivity index is 2.01. The van der Waals surface area contributed by atoms with E-state index in [1.165, 1.54) is 32.2 Å². The van der Waals surface area contributed by atoms with Crippen LogP contribution in [-0.2, 0) is 0 Å². The summed E-state index contributed by atoms with van der Waals surface area (Å²) >= 11 is 0. The maximum absolute atomic E-state index is 5.77. The lowest BCUT2D eigenvalue weighted by Gasteiger charge is -2.18. The molecule has 2 nitrogen and oxygen atoms in total. The zero-order chi connectivity index (χ0) is 11.3. The maximum Gasteiger partial charge on any atom is 0.000517 e. The minimum absolute atomic E-state index is 0.635. The fourth-order valence-corrected chi connectivity index (χ4v) is 2.09. The largest absolute Gasteiger partial charge is 0.330 e. The minimum atomic E-state index is 0.635. The van der Waals surface area contributed by atoms with Crippen molar-refractivity contribution < 1.29 is 0 Å². The molecule has 0 spiro atoms. The van der Waals surface area contributed by atoms with Crippen molar-refractivity contribution in [2.45, 2.75) is 46.5 Å². The summed E-state index contributed by atoms with van der Waals surface area (Å²) in [6.07, 6.45) is 5.33. The van der Waals surface area contributed by atoms with Gasteiger partial charge in [-0.05, 0) is 56.0 Å². The molecule has 1 saturated carbocycles. The molecule has 0 aliphatic heterocycles. The number of nitrogens with one attached hydrogen (secondary N) is 1. The van der Waals surface area contributed by atoms with E-state index < -0.39 is 0 Å². The molecular weight excluding hydrogens is 184 g/mol. The Morgan fingerprint density at radius 2 is 2.00 bits per heavy atom. The summed E-state index contributed by atoms with van der Waals surface area (Å²) in [6.45, 7) is 10.1. The van der Waals surface area contributed by atoms with Crippen LogP contribution in [0.25, 0.3) is 0 Å². The first-order valence-electron chi connectivity index (χ1n) is 6.46. The Bertz CT molecular complexity index is 173. The summed E-state index contributed by atoms with van der Waals surface area (Å²) in [5.41, 5.74) is 6.41. The van der Waals surface area contributed by atoms with Gasteiger partial charge in [-0.15, -0.1) is 0 Å². The summed E-state index contributed by atoms with van der Waals surface area (Å²) in [4.78, 5) is 0. The Morgan fingerprint density at radius 1 is 1.33 bits per heavy atom. The molecular formula is C13H28N2. The lowest BCUT2D eigenvalue weighted by Crippen LogP contribution is -2.27. The van der Waals surface area contributed by atoms with Crippen LogP contribution in [0.1, 0.15) is 46.5 Å². The van der Waals surface area contributed by atoms with Crippen molar-refractivity contribution in [3.63, 3.8) is 0 Å². The van der Waals surface area contributed by atoms with Gasteiger partial charge < -0.3 is 11.1 Å². The molecule has 1 unspecified atom stereocenters. The van der Waals surface area contributed by atoms with E-state index in [1.54, 1.807) is 0 Å².